The third-order valence-electron chi connectivity index (χ3n) is 2.91. The predicted molar refractivity (Wildman–Crippen MR) is 91.9 cm³/mol. The minimum Gasteiger partial charge on any atom is -0.494 e. The van der Waals surface area contributed by atoms with Crippen LogP contribution in [0.1, 0.15) is 18.1 Å². The fraction of sp³-hybridized carbons (Fsp3) is 0.250. The Morgan fingerprint density at radius 1 is 1.00 bits per heavy atom. The maximum Gasteiger partial charge on any atom is 0.123 e. The maximum atomic E-state index is 6.13. The van der Waals surface area contributed by atoms with E-state index in [0.717, 1.165) is 21.9 Å². The van der Waals surface area contributed by atoms with Crippen molar-refractivity contribution in [1.82, 2.24) is 5.32 Å². The molecule has 2 rings (SSSR count). The van der Waals surface area contributed by atoms with E-state index in [4.69, 9.17) is 27.9 Å². The molecule has 0 bridgehead atoms. The fourth-order valence-corrected chi connectivity index (χ4v) is 2.35. The van der Waals surface area contributed by atoms with Crippen LogP contribution in [0, 0.1) is 0 Å². The third-order valence-corrected chi connectivity index (χ3v) is 3.51. The lowest BCUT2D eigenvalue weighted by molar-refractivity contribution is 0.335. The van der Waals surface area contributed by atoms with Crippen molar-refractivity contribution in [3.8, 4) is 5.75 Å². The number of nitrogens with one attached hydrogen (secondary N) is 1. The molecule has 21 heavy (non-hydrogen) atoms. The van der Waals surface area contributed by atoms with Crippen molar-refractivity contribution in [3.63, 3.8) is 0 Å². The zero-order valence-electron chi connectivity index (χ0n) is 11.7. The van der Waals surface area contributed by atoms with Gasteiger partial charge in [-0.15, -0.1) is 12.4 Å². The monoisotopic (exact) mass is 345 g/mol. The molecule has 0 aliphatic carbocycles. The van der Waals surface area contributed by atoms with E-state index >= 15 is 0 Å². The maximum absolute atomic E-state index is 6.13. The molecule has 5 heteroatoms. The van der Waals surface area contributed by atoms with Gasteiger partial charge in [-0.05, 0) is 36.8 Å². The summed E-state index contributed by atoms with van der Waals surface area (Å²) in [5.41, 5.74) is 2.13. The highest BCUT2D eigenvalue weighted by Gasteiger charge is 2.05. The van der Waals surface area contributed by atoms with Gasteiger partial charge in [0, 0.05) is 28.7 Å². The second-order valence-electron chi connectivity index (χ2n) is 4.38. The van der Waals surface area contributed by atoms with Gasteiger partial charge in [0.15, 0.2) is 0 Å². The van der Waals surface area contributed by atoms with Gasteiger partial charge < -0.3 is 10.1 Å². The van der Waals surface area contributed by atoms with Crippen molar-refractivity contribution in [2.75, 3.05) is 6.61 Å². The molecule has 0 spiro atoms. The summed E-state index contributed by atoms with van der Waals surface area (Å²) in [6, 6.07) is 13.5. The first-order valence-corrected chi connectivity index (χ1v) is 7.31. The van der Waals surface area contributed by atoms with E-state index in [1.165, 1.54) is 0 Å². The van der Waals surface area contributed by atoms with E-state index in [9.17, 15) is 0 Å². The highest BCUT2D eigenvalue weighted by Crippen LogP contribution is 2.23. The molecule has 2 aromatic carbocycles. The van der Waals surface area contributed by atoms with Crippen LogP contribution in [0.4, 0.5) is 0 Å². The molecular formula is C16H18Cl3NO. The lowest BCUT2D eigenvalue weighted by atomic mass is 10.2. The average molecular weight is 347 g/mol. The van der Waals surface area contributed by atoms with Gasteiger partial charge in [-0.25, -0.2) is 0 Å². The van der Waals surface area contributed by atoms with E-state index < -0.39 is 0 Å². The zero-order chi connectivity index (χ0) is 14.4. The summed E-state index contributed by atoms with van der Waals surface area (Å²) in [5.74, 6) is 0.864. The van der Waals surface area contributed by atoms with Gasteiger partial charge in [0.25, 0.3) is 0 Å². The summed E-state index contributed by atoms with van der Waals surface area (Å²) in [6.45, 7) is 3.99. The fourth-order valence-electron chi connectivity index (χ4n) is 1.96. The van der Waals surface area contributed by atoms with Gasteiger partial charge in [-0.1, -0.05) is 41.4 Å². The Morgan fingerprint density at radius 3 is 2.43 bits per heavy atom. The average Bonchev–Trinajstić information content (AvgIpc) is 2.44. The first kappa shape index (κ1) is 18.1. The molecule has 0 aromatic heterocycles. The number of benzene rings is 2. The Balaban J connectivity index is 0.00000220. The Morgan fingerprint density at radius 2 is 1.71 bits per heavy atom. The molecule has 0 unspecified atom stereocenters. The Labute approximate surface area is 141 Å². The normalized spacial score (nSPS) is 10.0. The SMILES string of the molecule is CCOc1ccc(Cl)cc1CNCc1ccccc1Cl.Cl. The van der Waals surface area contributed by atoms with Crippen molar-refractivity contribution < 1.29 is 4.74 Å². The second kappa shape index (κ2) is 9.16. The standard InChI is InChI=1S/C16H17Cl2NO.ClH/c1-2-20-16-8-7-14(17)9-13(16)11-19-10-12-5-3-4-6-15(12)18;/h3-9,19H,2,10-11H2,1H3;1H. The quantitative estimate of drug-likeness (QED) is 0.785. The van der Waals surface area contributed by atoms with Crippen LogP contribution in [-0.2, 0) is 13.1 Å². The number of hydrogen-bond donors (Lipinski definition) is 1. The molecule has 2 aromatic rings. The minimum absolute atomic E-state index is 0. The van der Waals surface area contributed by atoms with Crippen molar-refractivity contribution in [3.05, 3.63) is 63.6 Å². The van der Waals surface area contributed by atoms with Crippen LogP contribution in [-0.4, -0.2) is 6.61 Å². The number of hydrogen-bond acceptors (Lipinski definition) is 2. The summed E-state index contributed by atoms with van der Waals surface area (Å²) in [5, 5.41) is 4.85. The van der Waals surface area contributed by atoms with E-state index in [1.807, 2.05) is 49.4 Å². The second-order valence-corrected chi connectivity index (χ2v) is 5.22. The Kier molecular flexibility index (Phi) is 7.91. The van der Waals surface area contributed by atoms with E-state index in [0.29, 0.717) is 24.7 Å². The highest BCUT2D eigenvalue weighted by molar-refractivity contribution is 6.31. The molecule has 114 valence electrons. The molecule has 0 saturated carbocycles. The van der Waals surface area contributed by atoms with Crippen LogP contribution < -0.4 is 10.1 Å². The predicted octanol–water partition coefficient (Wildman–Crippen LogP) is 5.10. The minimum atomic E-state index is 0. The Hall–Kier alpha value is -0.930. The van der Waals surface area contributed by atoms with Gasteiger partial charge in [0.1, 0.15) is 5.75 Å². The van der Waals surface area contributed by atoms with Crippen LogP contribution in [0.2, 0.25) is 10.0 Å². The van der Waals surface area contributed by atoms with Crippen LogP contribution in [0.15, 0.2) is 42.5 Å². The zero-order valence-corrected chi connectivity index (χ0v) is 14.1. The van der Waals surface area contributed by atoms with Gasteiger partial charge in [-0.3, -0.25) is 0 Å². The van der Waals surface area contributed by atoms with Gasteiger partial charge >= 0.3 is 0 Å². The van der Waals surface area contributed by atoms with Crippen LogP contribution in [0.5, 0.6) is 5.75 Å². The lowest BCUT2D eigenvalue weighted by Crippen LogP contribution is -2.14. The number of halogens is 3. The van der Waals surface area contributed by atoms with E-state index in [-0.39, 0.29) is 12.4 Å². The van der Waals surface area contributed by atoms with Crippen LogP contribution in [0.25, 0.3) is 0 Å². The van der Waals surface area contributed by atoms with E-state index in [2.05, 4.69) is 5.32 Å². The van der Waals surface area contributed by atoms with Crippen LogP contribution >= 0.6 is 35.6 Å². The largest absolute Gasteiger partial charge is 0.494 e. The molecule has 0 atom stereocenters. The first-order chi connectivity index (χ1) is 9.70. The van der Waals surface area contributed by atoms with Crippen molar-refractivity contribution >= 4 is 35.6 Å². The molecule has 0 radical (unpaired) electrons. The molecule has 0 aliphatic rings. The summed E-state index contributed by atoms with van der Waals surface area (Å²) in [4.78, 5) is 0. The smallest absolute Gasteiger partial charge is 0.123 e. The molecule has 0 aliphatic heterocycles. The van der Waals surface area contributed by atoms with Crippen LogP contribution in [0.3, 0.4) is 0 Å². The van der Waals surface area contributed by atoms with Gasteiger partial charge in [0.2, 0.25) is 0 Å². The summed E-state index contributed by atoms with van der Waals surface area (Å²) < 4.78 is 5.59. The lowest BCUT2D eigenvalue weighted by Gasteiger charge is -2.12. The van der Waals surface area contributed by atoms with Gasteiger partial charge in [-0.2, -0.15) is 0 Å². The van der Waals surface area contributed by atoms with Crippen molar-refractivity contribution in [1.29, 1.82) is 0 Å². The number of rotatable bonds is 6. The van der Waals surface area contributed by atoms with Crippen molar-refractivity contribution in [2.45, 2.75) is 20.0 Å². The van der Waals surface area contributed by atoms with Gasteiger partial charge in [0.05, 0.1) is 6.61 Å². The molecule has 0 heterocycles. The van der Waals surface area contributed by atoms with E-state index in [1.54, 1.807) is 0 Å². The molecule has 1 N–H and O–H groups in total. The molecule has 2 nitrogen and oxygen atoms in total. The topological polar surface area (TPSA) is 21.3 Å². The first-order valence-electron chi connectivity index (χ1n) is 6.56. The highest BCUT2D eigenvalue weighted by atomic mass is 35.5. The Bertz CT molecular complexity index is 575. The summed E-state index contributed by atoms with van der Waals surface area (Å²) >= 11 is 12.2. The molecule has 0 amide bonds. The number of ether oxygens (including phenoxy) is 1. The third kappa shape index (κ3) is 5.40. The summed E-state index contributed by atoms with van der Waals surface area (Å²) in [7, 11) is 0. The van der Waals surface area contributed by atoms with Crippen molar-refractivity contribution in [2.24, 2.45) is 0 Å². The molecule has 0 fully saturated rings. The summed E-state index contributed by atoms with van der Waals surface area (Å²) in [6.07, 6.45) is 0. The molecule has 0 saturated heterocycles. The molecular weight excluding hydrogens is 329 g/mol.